The Balaban J connectivity index is 3.48. The van der Waals surface area contributed by atoms with E-state index in [9.17, 15) is 13.6 Å². The average Bonchev–Trinajstić information content (AvgIpc) is 2.26. The zero-order valence-electron chi connectivity index (χ0n) is 8.00. The highest BCUT2D eigenvalue weighted by Crippen LogP contribution is 2.27. The van der Waals surface area contributed by atoms with Gasteiger partial charge in [-0.2, -0.15) is 5.26 Å². The number of carbonyl (C=O) groups excluding carboxylic acids is 1. The van der Waals surface area contributed by atoms with Gasteiger partial charge in [0, 0.05) is 6.07 Å². The van der Waals surface area contributed by atoms with E-state index in [1.807, 2.05) is 0 Å². The largest absolute Gasteiger partial charge is 0.494 e. The van der Waals surface area contributed by atoms with Crippen LogP contribution in [0.2, 0.25) is 0 Å². The van der Waals surface area contributed by atoms with E-state index in [1.54, 1.807) is 6.07 Å². The lowest BCUT2D eigenvalue weighted by molar-refractivity contribution is 0.107. The predicted octanol–water partition coefficient (Wildman–Crippen LogP) is 2.28. The summed E-state index contributed by atoms with van der Waals surface area (Å²) in [5, 5.41) is 7.60. The van der Waals surface area contributed by atoms with E-state index < -0.39 is 23.1 Å². The Labute approximate surface area is 94.4 Å². The second-order valence-electron chi connectivity index (χ2n) is 2.66. The molecule has 84 valence electrons. The predicted molar refractivity (Wildman–Crippen MR) is 50.6 cm³/mol. The molecule has 0 aromatic carbocycles. The van der Waals surface area contributed by atoms with Crippen molar-refractivity contribution >= 4 is 16.8 Å². The van der Waals surface area contributed by atoms with Crippen molar-refractivity contribution in [1.29, 1.82) is 5.26 Å². The average molecular weight is 247 g/mol. The molecule has 1 heterocycles. The fourth-order valence-electron chi connectivity index (χ4n) is 1.06. The number of aromatic nitrogens is 1. The Hall–Kier alpha value is -1.74. The minimum atomic E-state index is -2.96. The first kappa shape index (κ1) is 12.3. The van der Waals surface area contributed by atoms with E-state index in [1.165, 1.54) is 7.11 Å². The maximum atomic E-state index is 12.5. The Bertz CT molecular complexity index is 471. The highest BCUT2D eigenvalue weighted by atomic mass is 35.5. The van der Waals surface area contributed by atoms with Crippen LogP contribution in [0.15, 0.2) is 6.07 Å². The quantitative estimate of drug-likeness (QED) is 0.768. The van der Waals surface area contributed by atoms with Crippen molar-refractivity contribution in [1.82, 2.24) is 4.98 Å². The van der Waals surface area contributed by atoms with Gasteiger partial charge in [-0.25, -0.2) is 13.8 Å². The lowest BCUT2D eigenvalue weighted by Crippen LogP contribution is -2.05. The molecule has 0 unspecified atom stereocenters. The fourth-order valence-corrected chi connectivity index (χ4v) is 1.20. The molecule has 0 atom stereocenters. The van der Waals surface area contributed by atoms with Gasteiger partial charge in [0.15, 0.2) is 11.4 Å². The summed E-state index contributed by atoms with van der Waals surface area (Å²) in [6.07, 6.45) is -2.96. The molecule has 0 spiro atoms. The number of methoxy groups -OCH3 is 1. The molecule has 0 aliphatic carbocycles. The third kappa shape index (κ3) is 2.25. The van der Waals surface area contributed by atoms with Crippen LogP contribution in [-0.2, 0) is 0 Å². The van der Waals surface area contributed by atoms with Crippen molar-refractivity contribution in [3.63, 3.8) is 0 Å². The van der Waals surface area contributed by atoms with Gasteiger partial charge in [0.25, 0.3) is 11.7 Å². The molecule has 7 heteroatoms. The third-order valence-corrected chi connectivity index (χ3v) is 1.93. The van der Waals surface area contributed by atoms with Gasteiger partial charge in [0.05, 0.1) is 12.7 Å². The second kappa shape index (κ2) is 4.86. The Morgan fingerprint density at radius 3 is 2.69 bits per heavy atom. The number of nitrogens with zero attached hydrogens (tertiary/aromatic N) is 2. The number of ether oxygens (including phenoxy) is 1. The normalized spacial score (nSPS) is 10.0. The van der Waals surface area contributed by atoms with Crippen molar-refractivity contribution in [2.24, 2.45) is 0 Å². The van der Waals surface area contributed by atoms with Crippen LogP contribution in [0.3, 0.4) is 0 Å². The van der Waals surface area contributed by atoms with Gasteiger partial charge < -0.3 is 4.74 Å². The Kier molecular flexibility index (Phi) is 3.74. The summed E-state index contributed by atoms with van der Waals surface area (Å²) in [5.74, 6) is -0.110. The van der Waals surface area contributed by atoms with Gasteiger partial charge in [-0.3, -0.25) is 4.79 Å². The van der Waals surface area contributed by atoms with Gasteiger partial charge in [-0.15, -0.1) is 0 Å². The second-order valence-corrected chi connectivity index (χ2v) is 3.00. The molecule has 0 N–H and O–H groups in total. The molecular formula is C9H5ClF2N2O2. The molecule has 0 saturated heterocycles. The number of hydrogen-bond acceptors (Lipinski definition) is 4. The van der Waals surface area contributed by atoms with Crippen molar-refractivity contribution in [3.8, 4) is 11.8 Å². The maximum Gasteiger partial charge on any atom is 0.281 e. The van der Waals surface area contributed by atoms with E-state index in [0.717, 1.165) is 6.07 Å². The molecule has 0 amide bonds. The summed E-state index contributed by atoms with van der Waals surface area (Å²) in [6.45, 7) is 0. The Morgan fingerprint density at radius 2 is 2.31 bits per heavy atom. The monoisotopic (exact) mass is 246 g/mol. The lowest BCUT2D eigenvalue weighted by Gasteiger charge is -2.08. The Morgan fingerprint density at radius 1 is 1.69 bits per heavy atom. The van der Waals surface area contributed by atoms with Crippen molar-refractivity contribution in [2.45, 2.75) is 6.43 Å². The lowest BCUT2D eigenvalue weighted by atomic mass is 10.2. The van der Waals surface area contributed by atoms with Gasteiger partial charge in [-0.1, -0.05) is 0 Å². The SMILES string of the molecule is COc1cc(C#N)c(C(F)F)nc1C(=O)Cl. The zero-order valence-corrected chi connectivity index (χ0v) is 8.76. The molecule has 0 aliphatic heterocycles. The minimum absolute atomic E-state index is 0.110. The molecule has 4 nitrogen and oxygen atoms in total. The number of hydrogen-bond donors (Lipinski definition) is 0. The van der Waals surface area contributed by atoms with Crippen LogP contribution < -0.4 is 4.74 Å². The number of nitriles is 1. The van der Waals surface area contributed by atoms with E-state index in [4.69, 9.17) is 21.6 Å². The molecule has 1 aromatic rings. The van der Waals surface area contributed by atoms with Crippen molar-refractivity contribution < 1.29 is 18.3 Å². The van der Waals surface area contributed by atoms with Crippen molar-refractivity contribution in [2.75, 3.05) is 7.11 Å². The van der Waals surface area contributed by atoms with E-state index >= 15 is 0 Å². The molecule has 0 fully saturated rings. The molecule has 1 rings (SSSR count). The first-order valence-corrected chi connectivity index (χ1v) is 4.36. The summed E-state index contributed by atoms with van der Waals surface area (Å²) in [5.41, 5.74) is -1.57. The summed E-state index contributed by atoms with van der Waals surface area (Å²) >= 11 is 5.15. The summed E-state index contributed by atoms with van der Waals surface area (Å²) < 4.78 is 29.7. The molecule has 0 saturated carbocycles. The summed E-state index contributed by atoms with van der Waals surface area (Å²) in [7, 11) is 1.21. The topological polar surface area (TPSA) is 63.0 Å². The summed E-state index contributed by atoms with van der Waals surface area (Å²) in [4.78, 5) is 14.2. The number of pyridine rings is 1. The van der Waals surface area contributed by atoms with E-state index in [-0.39, 0.29) is 11.3 Å². The van der Waals surface area contributed by atoms with Crippen LogP contribution in [0, 0.1) is 11.3 Å². The standard InChI is InChI=1S/C9H5ClF2N2O2/c1-16-5-2-4(3-13)6(9(11)12)14-7(5)8(10)15/h2,9H,1H3. The fraction of sp³-hybridized carbons (Fsp3) is 0.222. The van der Waals surface area contributed by atoms with Gasteiger partial charge in [0.1, 0.15) is 11.8 Å². The highest BCUT2D eigenvalue weighted by molar-refractivity contribution is 6.67. The van der Waals surface area contributed by atoms with Crippen LogP contribution in [-0.4, -0.2) is 17.3 Å². The van der Waals surface area contributed by atoms with Crippen LogP contribution >= 0.6 is 11.6 Å². The third-order valence-electron chi connectivity index (χ3n) is 1.75. The first-order valence-electron chi connectivity index (χ1n) is 3.98. The molecule has 0 bridgehead atoms. The maximum absolute atomic E-state index is 12.5. The van der Waals surface area contributed by atoms with Crippen molar-refractivity contribution in [3.05, 3.63) is 23.0 Å². The van der Waals surface area contributed by atoms with Crippen LogP contribution in [0.4, 0.5) is 8.78 Å². The molecule has 0 radical (unpaired) electrons. The van der Waals surface area contributed by atoms with E-state index in [0.29, 0.717) is 0 Å². The van der Waals surface area contributed by atoms with Gasteiger partial charge >= 0.3 is 0 Å². The van der Waals surface area contributed by atoms with Gasteiger partial charge in [-0.05, 0) is 11.6 Å². The molecule has 1 aromatic heterocycles. The zero-order chi connectivity index (χ0) is 12.3. The van der Waals surface area contributed by atoms with Crippen LogP contribution in [0.25, 0.3) is 0 Å². The number of rotatable bonds is 3. The highest BCUT2D eigenvalue weighted by Gasteiger charge is 2.21. The number of halogens is 3. The first-order chi connectivity index (χ1) is 7.51. The van der Waals surface area contributed by atoms with Crippen LogP contribution in [0.1, 0.15) is 28.2 Å². The number of carbonyl (C=O) groups is 1. The van der Waals surface area contributed by atoms with E-state index in [2.05, 4.69) is 4.98 Å². The number of alkyl halides is 2. The smallest absolute Gasteiger partial charge is 0.281 e. The van der Waals surface area contributed by atoms with Crippen LogP contribution in [0.5, 0.6) is 5.75 Å². The molecular weight excluding hydrogens is 242 g/mol. The summed E-state index contributed by atoms with van der Waals surface area (Å²) in [6, 6.07) is 2.54. The van der Waals surface area contributed by atoms with Gasteiger partial charge in [0.2, 0.25) is 0 Å². The molecule has 0 aliphatic rings. The molecule has 16 heavy (non-hydrogen) atoms. The minimum Gasteiger partial charge on any atom is -0.494 e.